The lowest BCUT2D eigenvalue weighted by Crippen LogP contribution is -2.43. The molecule has 0 spiro atoms. The summed E-state index contributed by atoms with van der Waals surface area (Å²) in [4.78, 5) is 23.4. The Hall–Kier alpha value is -2.94. The molecule has 8 nitrogen and oxygen atoms in total. The van der Waals surface area contributed by atoms with Crippen LogP contribution in [-0.2, 0) is 4.79 Å². The number of rotatable bonds is 6. The summed E-state index contributed by atoms with van der Waals surface area (Å²) in [6.45, 7) is 1.33. The van der Waals surface area contributed by atoms with Gasteiger partial charge in [0.1, 0.15) is 23.3 Å². The highest BCUT2D eigenvalue weighted by Gasteiger charge is 2.22. The molecule has 1 atom stereocenters. The van der Waals surface area contributed by atoms with Gasteiger partial charge in [0.25, 0.3) is 5.91 Å². The molecule has 5 N–H and O–H groups in total. The maximum Gasteiger partial charge on any atom is 0.332 e. The van der Waals surface area contributed by atoms with Gasteiger partial charge >= 0.3 is 5.97 Å². The zero-order valence-corrected chi connectivity index (χ0v) is 12.9. The lowest BCUT2D eigenvalue weighted by molar-refractivity contribution is -0.165. The van der Waals surface area contributed by atoms with E-state index in [0.29, 0.717) is 11.5 Å². The van der Waals surface area contributed by atoms with Crippen molar-refractivity contribution in [3.05, 3.63) is 54.1 Å². The van der Waals surface area contributed by atoms with Crippen LogP contribution in [0.15, 0.2) is 48.5 Å². The van der Waals surface area contributed by atoms with Crippen LogP contribution in [0.25, 0.3) is 0 Å². The summed E-state index contributed by atoms with van der Waals surface area (Å²) in [5.74, 6) is 4.31. The molecule has 0 bridgehead atoms. The van der Waals surface area contributed by atoms with Gasteiger partial charge in [-0.15, -0.1) is 5.17 Å². The minimum absolute atomic E-state index is 0.0366. The van der Waals surface area contributed by atoms with Gasteiger partial charge < -0.3 is 15.2 Å². The van der Waals surface area contributed by atoms with E-state index in [1.54, 1.807) is 24.3 Å². The standard InChI is InChI=1S/C16H17N3O5/c1-10(19(18)22)16(21)24-14-8-7-12(9-13(14)15(17)20)23-11-5-3-2-4-6-11/h2-10,22H,18H2,1H3,(H2,17,20). The average Bonchev–Trinajstić information content (AvgIpc) is 2.56. The van der Waals surface area contributed by atoms with E-state index in [9.17, 15) is 9.59 Å². The number of carbonyl (C=O) groups is 2. The number of nitrogens with two attached hydrogens (primary N) is 2. The molecule has 0 saturated heterocycles. The summed E-state index contributed by atoms with van der Waals surface area (Å²) in [7, 11) is 0. The normalized spacial score (nSPS) is 11.8. The predicted octanol–water partition coefficient (Wildman–Crippen LogP) is 1.44. The van der Waals surface area contributed by atoms with Crippen LogP contribution in [0.5, 0.6) is 17.2 Å². The first-order chi connectivity index (χ1) is 11.4. The Morgan fingerprint density at radius 2 is 1.79 bits per heavy atom. The zero-order valence-electron chi connectivity index (χ0n) is 12.9. The number of para-hydroxylation sites is 1. The van der Waals surface area contributed by atoms with E-state index >= 15 is 0 Å². The van der Waals surface area contributed by atoms with Crippen LogP contribution < -0.4 is 21.1 Å². The minimum atomic E-state index is -1.12. The fourth-order valence-corrected chi connectivity index (χ4v) is 1.78. The van der Waals surface area contributed by atoms with E-state index in [1.165, 1.54) is 25.1 Å². The van der Waals surface area contributed by atoms with Gasteiger partial charge in [-0.1, -0.05) is 18.2 Å². The van der Waals surface area contributed by atoms with Crippen LogP contribution in [0.3, 0.4) is 0 Å². The van der Waals surface area contributed by atoms with Crippen LogP contribution in [0.2, 0.25) is 0 Å². The molecular formula is C16H17N3O5. The second kappa shape index (κ2) is 7.55. The molecule has 0 aromatic heterocycles. The van der Waals surface area contributed by atoms with E-state index in [1.807, 2.05) is 6.07 Å². The molecular weight excluding hydrogens is 314 g/mol. The molecule has 0 fully saturated rings. The molecule has 2 aromatic carbocycles. The lowest BCUT2D eigenvalue weighted by Gasteiger charge is -2.17. The van der Waals surface area contributed by atoms with Crippen molar-refractivity contribution in [1.29, 1.82) is 0 Å². The maximum atomic E-state index is 11.8. The Morgan fingerprint density at radius 3 is 2.38 bits per heavy atom. The van der Waals surface area contributed by atoms with Crippen molar-refractivity contribution in [2.45, 2.75) is 13.0 Å². The number of hydrazine groups is 1. The number of nitrogens with zero attached hydrogens (tertiary/aromatic N) is 1. The maximum absolute atomic E-state index is 11.8. The summed E-state index contributed by atoms with van der Waals surface area (Å²) < 4.78 is 10.7. The molecule has 1 amide bonds. The Labute approximate surface area is 138 Å². The highest BCUT2D eigenvalue weighted by atomic mass is 16.6. The molecule has 1 unspecified atom stereocenters. The summed E-state index contributed by atoms with van der Waals surface area (Å²) in [5, 5.41) is 9.26. The molecule has 0 aliphatic heterocycles. The second-order valence-corrected chi connectivity index (χ2v) is 4.91. The number of hydroxylamine groups is 1. The fraction of sp³-hybridized carbons (Fsp3) is 0.125. The lowest BCUT2D eigenvalue weighted by atomic mass is 10.1. The van der Waals surface area contributed by atoms with Gasteiger partial charge in [-0.25, -0.2) is 10.6 Å². The topological polar surface area (TPSA) is 128 Å². The Morgan fingerprint density at radius 1 is 1.12 bits per heavy atom. The predicted molar refractivity (Wildman–Crippen MR) is 84.4 cm³/mol. The smallest absolute Gasteiger partial charge is 0.332 e. The quantitative estimate of drug-likeness (QED) is 0.316. The number of hydrogen-bond donors (Lipinski definition) is 3. The first-order valence-corrected chi connectivity index (χ1v) is 6.99. The highest BCUT2D eigenvalue weighted by molar-refractivity contribution is 5.97. The van der Waals surface area contributed by atoms with Crippen LogP contribution >= 0.6 is 0 Å². The minimum Gasteiger partial charge on any atom is -0.457 e. The van der Waals surface area contributed by atoms with Crippen molar-refractivity contribution in [2.75, 3.05) is 0 Å². The number of ether oxygens (including phenoxy) is 2. The molecule has 126 valence electrons. The first kappa shape index (κ1) is 17.4. The van der Waals surface area contributed by atoms with Gasteiger partial charge in [0.05, 0.1) is 5.56 Å². The third-order valence-corrected chi connectivity index (χ3v) is 3.14. The van der Waals surface area contributed by atoms with Crippen molar-refractivity contribution in [3.8, 4) is 17.2 Å². The van der Waals surface area contributed by atoms with Gasteiger partial charge in [-0.05, 0) is 37.3 Å². The van der Waals surface area contributed by atoms with Crippen molar-refractivity contribution in [1.82, 2.24) is 5.17 Å². The van der Waals surface area contributed by atoms with Crippen molar-refractivity contribution >= 4 is 11.9 Å². The largest absolute Gasteiger partial charge is 0.457 e. The molecule has 0 aliphatic carbocycles. The van der Waals surface area contributed by atoms with E-state index in [0.717, 1.165) is 0 Å². The third kappa shape index (κ3) is 4.29. The zero-order chi connectivity index (χ0) is 17.7. The number of benzene rings is 2. The monoisotopic (exact) mass is 331 g/mol. The average molecular weight is 331 g/mol. The van der Waals surface area contributed by atoms with Gasteiger partial charge in [-0.2, -0.15) is 0 Å². The summed E-state index contributed by atoms with van der Waals surface area (Å²) in [6.07, 6.45) is 0. The number of amides is 1. The van der Waals surface area contributed by atoms with E-state index in [-0.39, 0.29) is 16.5 Å². The van der Waals surface area contributed by atoms with Crippen molar-refractivity contribution in [3.63, 3.8) is 0 Å². The fourth-order valence-electron chi connectivity index (χ4n) is 1.78. The van der Waals surface area contributed by atoms with Crippen molar-refractivity contribution in [2.24, 2.45) is 11.6 Å². The molecule has 0 saturated carbocycles. The van der Waals surface area contributed by atoms with Crippen LogP contribution in [0, 0.1) is 0 Å². The molecule has 0 radical (unpaired) electrons. The van der Waals surface area contributed by atoms with E-state index in [4.69, 9.17) is 26.3 Å². The highest BCUT2D eigenvalue weighted by Crippen LogP contribution is 2.28. The summed E-state index contributed by atoms with van der Waals surface area (Å²) in [5.41, 5.74) is 5.28. The van der Waals surface area contributed by atoms with Crippen molar-refractivity contribution < 1.29 is 24.3 Å². The third-order valence-electron chi connectivity index (χ3n) is 3.14. The molecule has 8 heteroatoms. The number of esters is 1. The van der Waals surface area contributed by atoms with Crippen LogP contribution in [0.1, 0.15) is 17.3 Å². The van der Waals surface area contributed by atoms with Gasteiger partial charge in [0, 0.05) is 0 Å². The number of carbonyl (C=O) groups excluding carboxylic acids is 2. The number of hydrogen-bond acceptors (Lipinski definition) is 7. The van der Waals surface area contributed by atoms with E-state index < -0.39 is 17.9 Å². The first-order valence-electron chi connectivity index (χ1n) is 6.99. The summed E-state index contributed by atoms with van der Waals surface area (Å²) >= 11 is 0. The SMILES string of the molecule is CC(C(=O)Oc1ccc(Oc2ccccc2)cc1C(N)=O)N(N)O. The Kier molecular flexibility index (Phi) is 5.48. The Bertz CT molecular complexity index is 734. The molecule has 2 aromatic rings. The van der Waals surface area contributed by atoms with Crippen LogP contribution in [-0.4, -0.2) is 28.3 Å². The summed E-state index contributed by atoms with van der Waals surface area (Å²) in [6, 6.07) is 12.1. The van der Waals surface area contributed by atoms with Gasteiger partial charge in [-0.3, -0.25) is 10.0 Å². The Balaban J connectivity index is 2.24. The second-order valence-electron chi connectivity index (χ2n) is 4.91. The van der Waals surface area contributed by atoms with E-state index in [2.05, 4.69) is 0 Å². The van der Waals surface area contributed by atoms with Gasteiger partial charge in [0.15, 0.2) is 0 Å². The van der Waals surface area contributed by atoms with Gasteiger partial charge in [0.2, 0.25) is 0 Å². The molecule has 24 heavy (non-hydrogen) atoms. The molecule has 0 aliphatic rings. The molecule has 0 heterocycles. The van der Waals surface area contributed by atoms with Crippen LogP contribution in [0.4, 0.5) is 0 Å². The molecule has 2 rings (SSSR count). The number of primary amides is 1.